The van der Waals surface area contributed by atoms with Crippen molar-refractivity contribution in [1.29, 1.82) is 0 Å². The Morgan fingerprint density at radius 3 is 1.44 bits per heavy atom. The molecule has 0 bridgehead atoms. The van der Waals surface area contributed by atoms with E-state index in [0.29, 0.717) is 0 Å². The molecule has 82 valence electrons. The molecule has 0 aromatic carbocycles. The quantitative estimate of drug-likeness (QED) is 0.471. The number of nitrogens with two attached hydrogens (primary N) is 2. The molecule has 2 heterocycles. The van der Waals surface area contributed by atoms with Crippen LogP contribution in [0.15, 0.2) is 9.26 Å². The summed E-state index contributed by atoms with van der Waals surface area (Å²) < 4.78 is 8.35. The largest absolute Gasteiger partial charge is 0.379 e. The second-order valence-electron chi connectivity index (χ2n) is 2.65. The minimum Gasteiger partial charge on any atom is -0.379 e. The van der Waals surface area contributed by atoms with Gasteiger partial charge in [0.05, 0.1) is 0 Å². The fraction of sp³-hybridized carbons (Fsp3) is 0. The lowest BCUT2D eigenvalue weighted by Gasteiger charge is -1.91. The summed E-state index contributed by atoms with van der Waals surface area (Å²) in [6, 6.07) is 0. The molecule has 2 aromatic rings. The van der Waals surface area contributed by atoms with E-state index in [-0.39, 0.29) is 11.6 Å². The number of aromatic nitrogens is 4. The van der Waals surface area contributed by atoms with Crippen LogP contribution in [0.2, 0.25) is 0 Å². The van der Waals surface area contributed by atoms with E-state index in [9.17, 15) is 9.59 Å². The first-order chi connectivity index (χ1) is 7.61. The highest BCUT2D eigenvalue weighted by Crippen LogP contribution is 2.12. The Kier molecular flexibility index (Phi) is 2.08. The number of anilines is 2. The van der Waals surface area contributed by atoms with Crippen LogP contribution in [-0.4, -0.2) is 32.2 Å². The number of carbonyl (C=O) groups is 2. The monoisotopic (exact) mass is 224 g/mol. The number of rotatable bonds is 3. The topological polar surface area (TPSA) is 164 Å². The van der Waals surface area contributed by atoms with Gasteiger partial charge in [0.2, 0.25) is 11.4 Å². The molecule has 0 radical (unpaired) electrons. The van der Waals surface area contributed by atoms with Gasteiger partial charge in [-0.1, -0.05) is 0 Å². The Morgan fingerprint density at radius 1 is 0.812 bits per heavy atom. The van der Waals surface area contributed by atoms with Crippen molar-refractivity contribution in [3.05, 3.63) is 11.4 Å². The average molecular weight is 224 g/mol. The molecule has 16 heavy (non-hydrogen) atoms. The van der Waals surface area contributed by atoms with Crippen LogP contribution >= 0.6 is 0 Å². The van der Waals surface area contributed by atoms with E-state index in [1.165, 1.54) is 0 Å². The van der Waals surface area contributed by atoms with Gasteiger partial charge in [-0.05, 0) is 20.6 Å². The van der Waals surface area contributed by atoms with Crippen molar-refractivity contribution in [2.24, 2.45) is 0 Å². The molecule has 4 N–H and O–H groups in total. The number of hydrogen-bond acceptors (Lipinski definition) is 10. The molecular formula is C6H4N6O4. The molecule has 0 amide bonds. The van der Waals surface area contributed by atoms with Crippen LogP contribution in [0.4, 0.5) is 11.6 Å². The van der Waals surface area contributed by atoms with Crippen LogP contribution in [0.1, 0.15) is 21.0 Å². The van der Waals surface area contributed by atoms with Crippen LogP contribution in [0.5, 0.6) is 0 Å². The fourth-order valence-electron chi connectivity index (χ4n) is 0.921. The smallest absolute Gasteiger partial charge is 0.261 e. The molecule has 10 nitrogen and oxygen atoms in total. The third kappa shape index (κ3) is 1.37. The van der Waals surface area contributed by atoms with Crippen molar-refractivity contribution < 1.29 is 18.8 Å². The van der Waals surface area contributed by atoms with E-state index < -0.39 is 23.0 Å². The van der Waals surface area contributed by atoms with Gasteiger partial charge in [0.25, 0.3) is 11.6 Å². The van der Waals surface area contributed by atoms with E-state index in [4.69, 9.17) is 11.5 Å². The van der Waals surface area contributed by atoms with Crippen molar-refractivity contribution in [3.63, 3.8) is 0 Å². The molecule has 0 atom stereocenters. The van der Waals surface area contributed by atoms with Crippen molar-refractivity contribution >= 4 is 23.2 Å². The second kappa shape index (κ2) is 3.42. The number of ketones is 2. The number of nitrogens with zero attached hydrogens (tertiary/aromatic N) is 4. The standard InChI is InChI=1S/C6H4N6O4/c7-5-1(9-15-11-5)3(13)4(14)2-6(8)12-16-10-2/h(H2,7,11)(H2,8,12). The zero-order chi connectivity index (χ0) is 11.7. The van der Waals surface area contributed by atoms with Gasteiger partial charge in [-0.3, -0.25) is 9.59 Å². The maximum absolute atomic E-state index is 11.5. The molecule has 0 aliphatic heterocycles. The number of nitrogen functional groups attached to an aromatic ring is 2. The lowest BCUT2D eigenvalue weighted by atomic mass is 10.1. The molecule has 0 unspecified atom stereocenters. The van der Waals surface area contributed by atoms with Crippen molar-refractivity contribution in [1.82, 2.24) is 20.6 Å². The molecule has 2 aromatic heterocycles. The van der Waals surface area contributed by atoms with Crippen molar-refractivity contribution in [2.75, 3.05) is 11.5 Å². The summed E-state index contributed by atoms with van der Waals surface area (Å²) in [4.78, 5) is 23.0. The van der Waals surface area contributed by atoms with E-state index in [0.717, 1.165) is 0 Å². The molecular weight excluding hydrogens is 220 g/mol. The van der Waals surface area contributed by atoms with Gasteiger partial charge in [0.1, 0.15) is 0 Å². The van der Waals surface area contributed by atoms with Crippen LogP contribution in [0, 0.1) is 0 Å². The van der Waals surface area contributed by atoms with Gasteiger partial charge in [0.15, 0.2) is 11.6 Å². The molecule has 0 aliphatic rings. The van der Waals surface area contributed by atoms with Crippen molar-refractivity contribution in [2.45, 2.75) is 0 Å². The highest BCUT2D eigenvalue weighted by molar-refractivity contribution is 6.49. The zero-order valence-corrected chi connectivity index (χ0v) is 7.58. The maximum Gasteiger partial charge on any atom is 0.261 e. The Balaban J connectivity index is 2.34. The summed E-state index contributed by atoms with van der Waals surface area (Å²) >= 11 is 0. The predicted octanol–water partition coefficient (Wildman–Crippen LogP) is -1.32. The van der Waals surface area contributed by atoms with Gasteiger partial charge in [0, 0.05) is 0 Å². The van der Waals surface area contributed by atoms with Gasteiger partial charge in [-0.15, -0.1) is 0 Å². The van der Waals surface area contributed by atoms with E-state index in [1.807, 2.05) is 0 Å². The first-order valence-corrected chi connectivity index (χ1v) is 3.86. The zero-order valence-electron chi connectivity index (χ0n) is 7.58. The minimum absolute atomic E-state index is 0.298. The van der Waals surface area contributed by atoms with E-state index >= 15 is 0 Å². The molecule has 0 spiro atoms. The molecule has 0 fully saturated rings. The lowest BCUT2D eigenvalue weighted by Crippen LogP contribution is -2.18. The molecule has 0 saturated carbocycles. The number of Topliss-reactive ketones (excluding diaryl/α,β-unsaturated/α-hetero) is 2. The third-order valence-corrected chi connectivity index (χ3v) is 1.66. The van der Waals surface area contributed by atoms with E-state index in [2.05, 4.69) is 29.9 Å². The summed E-state index contributed by atoms with van der Waals surface area (Å²) in [5, 5.41) is 12.7. The number of carbonyl (C=O) groups excluding carboxylic acids is 2. The molecule has 10 heteroatoms. The first kappa shape index (κ1) is 9.76. The predicted molar refractivity (Wildman–Crippen MR) is 46.1 cm³/mol. The van der Waals surface area contributed by atoms with Gasteiger partial charge < -0.3 is 11.5 Å². The highest BCUT2D eigenvalue weighted by atomic mass is 16.6. The maximum atomic E-state index is 11.5. The Labute approximate surface area is 86.5 Å². The Morgan fingerprint density at radius 2 is 1.19 bits per heavy atom. The van der Waals surface area contributed by atoms with Crippen LogP contribution in [-0.2, 0) is 0 Å². The van der Waals surface area contributed by atoms with Gasteiger partial charge in [-0.2, -0.15) is 0 Å². The van der Waals surface area contributed by atoms with Crippen LogP contribution in [0.25, 0.3) is 0 Å². The summed E-state index contributed by atoms with van der Waals surface area (Å²) in [7, 11) is 0. The summed E-state index contributed by atoms with van der Waals surface area (Å²) in [6.45, 7) is 0. The molecule has 0 saturated heterocycles. The summed E-state index contributed by atoms with van der Waals surface area (Å²) in [5.41, 5.74) is 9.66. The summed E-state index contributed by atoms with van der Waals surface area (Å²) in [6.07, 6.45) is 0. The van der Waals surface area contributed by atoms with E-state index in [1.54, 1.807) is 0 Å². The van der Waals surface area contributed by atoms with Gasteiger partial charge in [-0.25, -0.2) is 9.26 Å². The van der Waals surface area contributed by atoms with Crippen LogP contribution in [0.3, 0.4) is 0 Å². The molecule has 0 aliphatic carbocycles. The second-order valence-corrected chi connectivity index (χ2v) is 2.65. The average Bonchev–Trinajstić information content (AvgIpc) is 2.85. The highest BCUT2D eigenvalue weighted by Gasteiger charge is 2.29. The lowest BCUT2D eigenvalue weighted by molar-refractivity contribution is 0.0806. The summed E-state index contributed by atoms with van der Waals surface area (Å²) in [5.74, 6) is -2.70. The molecule has 2 rings (SSSR count). The Bertz CT molecular complexity index is 507. The fourth-order valence-corrected chi connectivity index (χ4v) is 0.921. The Hall–Kier alpha value is -2.78. The number of hydrogen-bond donors (Lipinski definition) is 2. The van der Waals surface area contributed by atoms with Gasteiger partial charge >= 0.3 is 0 Å². The van der Waals surface area contributed by atoms with Crippen molar-refractivity contribution in [3.8, 4) is 0 Å². The first-order valence-electron chi connectivity index (χ1n) is 3.86. The SMILES string of the molecule is Nc1nonc1C(=O)C(=O)c1nonc1N. The normalized spacial score (nSPS) is 10.2. The van der Waals surface area contributed by atoms with Crippen LogP contribution < -0.4 is 11.5 Å². The minimum atomic E-state index is -1.05. The third-order valence-electron chi connectivity index (χ3n) is 1.66.